The molecule has 0 atom stereocenters. The molecule has 0 radical (unpaired) electrons. The number of hydrogen-bond acceptors (Lipinski definition) is 7. The van der Waals surface area contributed by atoms with Crippen molar-refractivity contribution >= 4 is 57.1 Å². The van der Waals surface area contributed by atoms with Gasteiger partial charge >= 0.3 is 77.3 Å². The second-order valence-electron chi connectivity index (χ2n) is 5.15. The quantitative estimate of drug-likeness (QED) is 0.137. The van der Waals surface area contributed by atoms with Gasteiger partial charge < -0.3 is 29.6 Å². The number of esters is 1. The molecule has 15 heteroatoms. The molecule has 2 aromatic carbocycles. The van der Waals surface area contributed by atoms with Gasteiger partial charge in [0.2, 0.25) is 0 Å². The summed E-state index contributed by atoms with van der Waals surface area (Å²) in [5, 5.41) is 9.90. The first-order chi connectivity index (χ1) is 13.9. The number of alkyl halides is 4. The summed E-state index contributed by atoms with van der Waals surface area (Å²) in [6, 6.07) is 11.4. The molecule has 0 unspecified atom stereocenters. The van der Waals surface area contributed by atoms with Gasteiger partial charge in [-0.1, -0.05) is 0 Å². The van der Waals surface area contributed by atoms with Crippen molar-refractivity contribution in [3.8, 4) is 11.5 Å². The van der Waals surface area contributed by atoms with Crippen LogP contribution in [0.1, 0.15) is 6.92 Å². The fraction of sp³-hybridized carbons (Fsp3) is 0.222. The summed E-state index contributed by atoms with van der Waals surface area (Å²) in [4.78, 5) is 20.7. The van der Waals surface area contributed by atoms with E-state index in [1.165, 1.54) is 43.3 Å². The van der Waals surface area contributed by atoms with E-state index in [0.29, 0.717) is 0 Å². The van der Waals surface area contributed by atoms with Crippen molar-refractivity contribution in [3.05, 3.63) is 55.7 Å². The Balaban J connectivity index is -0.000000503. The minimum Gasteiger partial charge on any atom is -0.870 e. The van der Waals surface area contributed by atoms with Gasteiger partial charge in [-0.15, -0.1) is 0 Å². The molecule has 0 heterocycles. The van der Waals surface area contributed by atoms with E-state index in [1.54, 1.807) is 12.1 Å². The Morgan fingerprint density at radius 2 is 1.15 bits per heavy atom. The number of benzene rings is 2. The Morgan fingerprint density at radius 3 is 1.45 bits per heavy atom. The topological polar surface area (TPSA) is 115 Å². The van der Waals surface area contributed by atoms with Crippen LogP contribution in [0.5, 0.6) is 11.5 Å². The van der Waals surface area contributed by atoms with Gasteiger partial charge in [-0.2, -0.15) is 17.6 Å². The van der Waals surface area contributed by atoms with Crippen LogP contribution in [0.15, 0.2) is 48.5 Å². The molecule has 0 aromatic heterocycles. The number of carbonyl (C=O) groups excluding carboxylic acids is 2. The third kappa shape index (κ3) is 14.3. The second-order valence-corrected chi connectivity index (χ2v) is 7.64. The minimum absolute atomic E-state index is 0. The van der Waals surface area contributed by atoms with Crippen LogP contribution in [-0.4, -0.2) is 36.2 Å². The maximum absolute atomic E-state index is 13.1. The van der Waals surface area contributed by atoms with Crippen LogP contribution in [0.4, 0.5) is 17.6 Å². The first-order valence-electron chi connectivity index (χ1n) is 7.91. The predicted octanol–water partition coefficient (Wildman–Crippen LogP) is -2.33. The first kappa shape index (κ1) is 37.7. The van der Waals surface area contributed by atoms with Crippen LogP contribution in [0, 0.1) is 7.14 Å². The standard InChI is InChI=1S/C10H9F2IO3.C8H5F2IO3.2Na.H2O/c1-2-15-9(14)10(11,12)16-8-5-3-7(13)4-6-8;9-8(10,7(12)13)14-6-3-1-5(11)2-4-6;;;/h3-6H,2H2,1H3;1-4H,(H,12,13);;;1H2/q;;2*+1;/p-2. The van der Waals surface area contributed by atoms with E-state index in [9.17, 15) is 32.3 Å². The Labute approximate surface area is 258 Å². The maximum Gasteiger partial charge on any atom is 1.00 e. The molecule has 33 heavy (non-hydrogen) atoms. The van der Waals surface area contributed by atoms with Gasteiger partial charge in [-0.25, -0.2) is 4.79 Å². The van der Waals surface area contributed by atoms with E-state index in [0.717, 1.165) is 7.14 Å². The zero-order valence-electron chi connectivity index (χ0n) is 17.5. The summed E-state index contributed by atoms with van der Waals surface area (Å²) < 4.78 is 65.1. The minimum atomic E-state index is -4.30. The molecule has 0 saturated carbocycles. The molecule has 0 bridgehead atoms. The van der Waals surface area contributed by atoms with E-state index < -0.39 is 24.2 Å². The summed E-state index contributed by atoms with van der Waals surface area (Å²) >= 11 is 4.00. The van der Waals surface area contributed by atoms with Crippen LogP contribution in [0.2, 0.25) is 0 Å². The van der Waals surface area contributed by atoms with E-state index >= 15 is 0 Å². The third-order valence-corrected chi connectivity index (χ3v) is 4.31. The molecule has 0 amide bonds. The van der Waals surface area contributed by atoms with Crippen LogP contribution in [0.25, 0.3) is 0 Å². The van der Waals surface area contributed by atoms with Crippen LogP contribution >= 0.6 is 45.2 Å². The molecular formula is C18H14F4I2Na2O7. The average molecular weight is 718 g/mol. The Kier molecular flexibility index (Phi) is 20.0. The largest absolute Gasteiger partial charge is 1.00 e. The van der Waals surface area contributed by atoms with Gasteiger partial charge in [0.25, 0.3) is 0 Å². The number of carboxylic acids is 1. The fourth-order valence-corrected chi connectivity index (χ4v) is 2.32. The van der Waals surface area contributed by atoms with Gasteiger partial charge in [0.15, 0.2) is 5.97 Å². The normalized spacial score (nSPS) is 10.0. The molecule has 0 aliphatic rings. The Hall–Kier alpha value is 0.120. The number of hydrogen-bond donors (Lipinski definition) is 0. The summed E-state index contributed by atoms with van der Waals surface area (Å²) in [5.41, 5.74) is 0. The molecule has 0 saturated heterocycles. The van der Waals surface area contributed by atoms with Gasteiger partial charge in [0, 0.05) is 7.14 Å². The maximum atomic E-state index is 13.1. The molecule has 0 spiro atoms. The monoisotopic (exact) mass is 718 g/mol. The zero-order valence-corrected chi connectivity index (χ0v) is 25.8. The molecule has 7 nitrogen and oxygen atoms in total. The molecule has 2 rings (SSSR count). The summed E-state index contributed by atoms with van der Waals surface area (Å²) in [5.74, 6) is -4.55. The number of carboxylic acid groups (broad SMARTS) is 1. The van der Waals surface area contributed by atoms with Gasteiger partial charge in [-0.3, -0.25) is 0 Å². The number of ether oxygens (including phenoxy) is 3. The van der Waals surface area contributed by atoms with Crippen molar-refractivity contribution in [1.82, 2.24) is 0 Å². The Bertz CT molecular complexity index is 858. The molecule has 2 aromatic rings. The van der Waals surface area contributed by atoms with Crippen molar-refractivity contribution in [3.63, 3.8) is 0 Å². The van der Waals surface area contributed by atoms with Crippen LogP contribution < -0.4 is 73.7 Å². The van der Waals surface area contributed by atoms with Gasteiger partial charge in [0.05, 0.1) is 6.61 Å². The molecule has 0 fully saturated rings. The van der Waals surface area contributed by atoms with Crippen molar-refractivity contribution in [2.75, 3.05) is 6.61 Å². The molecule has 172 valence electrons. The summed E-state index contributed by atoms with van der Waals surface area (Å²) in [7, 11) is 0. The predicted molar refractivity (Wildman–Crippen MR) is 113 cm³/mol. The summed E-state index contributed by atoms with van der Waals surface area (Å²) in [6.07, 6.45) is -8.25. The zero-order chi connectivity index (χ0) is 22.9. The number of halogens is 6. The van der Waals surface area contributed by atoms with E-state index in [4.69, 9.17) is 0 Å². The van der Waals surface area contributed by atoms with Gasteiger partial charge in [0.1, 0.15) is 11.5 Å². The van der Waals surface area contributed by atoms with E-state index in [1.807, 2.05) is 45.2 Å². The number of rotatable bonds is 7. The molecule has 0 aliphatic heterocycles. The van der Waals surface area contributed by atoms with Crippen molar-refractivity contribution < 1.29 is 111 Å². The van der Waals surface area contributed by atoms with Crippen molar-refractivity contribution in [2.24, 2.45) is 0 Å². The smallest absolute Gasteiger partial charge is 0.870 e. The molecule has 0 aliphatic carbocycles. The third-order valence-electron chi connectivity index (χ3n) is 2.87. The molecule has 1 N–H and O–H groups in total. The second kappa shape index (κ2) is 17.5. The molecular weight excluding hydrogens is 704 g/mol. The number of carbonyl (C=O) groups is 2. The first-order valence-corrected chi connectivity index (χ1v) is 10.1. The van der Waals surface area contributed by atoms with E-state index in [-0.39, 0.29) is 82.7 Å². The number of aliphatic carboxylic acids is 1. The average Bonchev–Trinajstić information content (AvgIpc) is 2.66. The van der Waals surface area contributed by atoms with Crippen LogP contribution in [0.3, 0.4) is 0 Å². The Morgan fingerprint density at radius 1 is 0.818 bits per heavy atom. The van der Waals surface area contributed by atoms with Crippen LogP contribution in [-0.2, 0) is 14.3 Å². The SMILES string of the molecule is CCOC(=O)C(F)(F)Oc1ccc(I)cc1.O=C([O-])C(F)(F)Oc1ccc(I)cc1.[Na+].[Na+].[OH-]. The van der Waals surface area contributed by atoms with Crippen molar-refractivity contribution in [1.29, 1.82) is 0 Å². The summed E-state index contributed by atoms with van der Waals surface area (Å²) in [6.45, 7) is 1.32. The van der Waals surface area contributed by atoms with E-state index in [2.05, 4.69) is 14.2 Å². The van der Waals surface area contributed by atoms with Crippen molar-refractivity contribution in [2.45, 2.75) is 19.1 Å². The fourth-order valence-electron chi connectivity index (χ4n) is 1.60. The van der Waals surface area contributed by atoms with Gasteiger partial charge in [-0.05, 0) is 101 Å².